The molecule has 76 valence electrons. The Hall–Kier alpha value is -0.570. The van der Waals surface area contributed by atoms with Crippen molar-refractivity contribution in [3.05, 3.63) is 0 Å². The Bertz CT molecular complexity index is 180. The van der Waals surface area contributed by atoms with Gasteiger partial charge in [0.25, 0.3) is 0 Å². The van der Waals surface area contributed by atoms with E-state index in [9.17, 15) is 4.79 Å². The normalized spacial score (nSPS) is 20.0. The molecule has 1 amide bonds. The molecule has 1 unspecified atom stereocenters. The molecule has 1 saturated heterocycles. The van der Waals surface area contributed by atoms with Gasteiger partial charge >= 0.3 is 0 Å². The fourth-order valence-corrected chi connectivity index (χ4v) is 1.95. The van der Waals surface area contributed by atoms with E-state index >= 15 is 0 Å². The van der Waals surface area contributed by atoms with Crippen molar-refractivity contribution in [3.63, 3.8) is 0 Å². The Morgan fingerprint density at radius 1 is 1.54 bits per heavy atom. The third-order valence-corrected chi connectivity index (χ3v) is 2.57. The molecule has 13 heavy (non-hydrogen) atoms. The van der Waals surface area contributed by atoms with Crippen LogP contribution < -0.4 is 5.73 Å². The molecular weight excluding hydrogens is 164 g/mol. The highest BCUT2D eigenvalue weighted by Crippen LogP contribution is 2.17. The molecule has 1 aliphatic heterocycles. The maximum atomic E-state index is 11.4. The second-order valence-electron chi connectivity index (χ2n) is 4.21. The molecule has 3 heteroatoms. The molecule has 1 aliphatic rings. The Kier molecular flexibility index (Phi) is 3.72. The topological polar surface area (TPSA) is 46.3 Å². The van der Waals surface area contributed by atoms with E-state index in [1.165, 1.54) is 0 Å². The van der Waals surface area contributed by atoms with Crippen molar-refractivity contribution < 1.29 is 4.79 Å². The van der Waals surface area contributed by atoms with Gasteiger partial charge in [-0.15, -0.1) is 0 Å². The van der Waals surface area contributed by atoms with Crippen LogP contribution >= 0.6 is 0 Å². The van der Waals surface area contributed by atoms with Crippen LogP contribution in [0.5, 0.6) is 0 Å². The van der Waals surface area contributed by atoms with Crippen molar-refractivity contribution >= 4 is 5.91 Å². The summed E-state index contributed by atoms with van der Waals surface area (Å²) in [6.07, 6.45) is 2.75. The standard InChI is InChI=1S/C10H20N2O/c1-8(2)6-9(7-11)12-5-3-4-10(12)13/h8-9H,3-7,11H2,1-2H3. The van der Waals surface area contributed by atoms with Crippen molar-refractivity contribution in [2.75, 3.05) is 13.1 Å². The number of nitrogens with zero attached hydrogens (tertiary/aromatic N) is 1. The molecule has 3 nitrogen and oxygen atoms in total. The Balaban J connectivity index is 2.49. The largest absolute Gasteiger partial charge is 0.338 e. The molecule has 0 aromatic rings. The molecule has 1 atom stereocenters. The Labute approximate surface area is 80.3 Å². The van der Waals surface area contributed by atoms with E-state index in [2.05, 4.69) is 13.8 Å². The maximum absolute atomic E-state index is 11.4. The minimum atomic E-state index is 0.273. The van der Waals surface area contributed by atoms with Gasteiger partial charge in [-0.25, -0.2) is 0 Å². The summed E-state index contributed by atoms with van der Waals surface area (Å²) in [7, 11) is 0. The minimum Gasteiger partial charge on any atom is -0.338 e. The van der Waals surface area contributed by atoms with Crippen molar-refractivity contribution in [1.82, 2.24) is 4.90 Å². The van der Waals surface area contributed by atoms with Crippen LogP contribution in [0.15, 0.2) is 0 Å². The van der Waals surface area contributed by atoms with Gasteiger partial charge in [-0.1, -0.05) is 13.8 Å². The van der Waals surface area contributed by atoms with Crippen LogP contribution in [0.2, 0.25) is 0 Å². The van der Waals surface area contributed by atoms with Crippen molar-refractivity contribution in [3.8, 4) is 0 Å². The maximum Gasteiger partial charge on any atom is 0.222 e. The van der Waals surface area contributed by atoms with Crippen LogP contribution in [0.1, 0.15) is 33.1 Å². The van der Waals surface area contributed by atoms with Gasteiger partial charge in [0.15, 0.2) is 0 Å². The molecule has 1 fully saturated rings. The zero-order valence-corrected chi connectivity index (χ0v) is 8.62. The van der Waals surface area contributed by atoms with Crippen molar-refractivity contribution in [2.45, 2.75) is 39.2 Å². The lowest BCUT2D eigenvalue weighted by Crippen LogP contribution is -2.42. The molecule has 2 N–H and O–H groups in total. The van der Waals surface area contributed by atoms with Crippen molar-refractivity contribution in [2.24, 2.45) is 11.7 Å². The van der Waals surface area contributed by atoms with Gasteiger partial charge in [0, 0.05) is 25.6 Å². The summed E-state index contributed by atoms with van der Waals surface area (Å²) >= 11 is 0. The number of amides is 1. The number of hydrogen-bond acceptors (Lipinski definition) is 2. The summed E-state index contributed by atoms with van der Waals surface area (Å²) in [5.74, 6) is 0.901. The SMILES string of the molecule is CC(C)CC(CN)N1CCCC1=O. The number of rotatable bonds is 4. The number of carbonyl (C=O) groups is 1. The van der Waals surface area contributed by atoms with Gasteiger partial charge in [0.05, 0.1) is 0 Å². The summed E-state index contributed by atoms with van der Waals surface area (Å²) in [6.45, 7) is 5.85. The van der Waals surface area contributed by atoms with Crippen LogP contribution in [0.4, 0.5) is 0 Å². The predicted octanol–water partition coefficient (Wildman–Crippen LogP) is 0.982. The quantitative estimate of drug-likeness (QED) is 0.708. The lowest BCUT2D eigenvalue weighted by molar-refractivity contribution is -0.129. The monoisotopic (exact) mass is 184 g/mol. The molecule has 0 aromatic heterocycles. The highest BCUT2D eigenvalue weighted by atomic mass is 16.2. The third kappa shape index (κ3) is 2.69. The first-order chi connectivity index (χ1) is 6.15. The first-order valence-electron chi connectivity index (χ1n) is 5.14. The summed E-state index contributed by atoms with van der Waals surface area (Å²) in [5.41, 5.74) is 5.67. The average Bonchev–Trinajstić information content (AvgIpc) is 2.47. The summed E-state index contributed by atoms with van der Waals surface area (Å²) in [6, 6.07) is 0.273. The van der Waals surface area contributed by atoms with E-state index in [-0.39, 0.29) is 11.9 Å². The van der Waals surface area contributed by atoms with Gasteiger partial charge in [0.2, 0.25) is 5.91 Å². The van der Waals surface area contributed by atoms with Crippen molar-refractivity contribution in [1.29, 1.82) is 0 Å². The van der Waals surface area contributed by atoms with E-state index < -0.39 is 0 Å². The molecule has 1 rings (SSSR count). The first kappa shape index (κ1) is 10.5. The van der Waals surface area contributed by atoms with Gasteiger partial charge in [-0.3, -0.25) is 4.79 Å². The van der Waals surface area contributed by atoms with Crippen LogP contribution in [-0.4, -0.2) is 29.9 Å². The lowest BCUT2D eigenvalue weighted by Gasteiger charge is -2.27. The Morgan fingerprint density at radius 3 is 2.62 bits per heavy atom. The van der Waals surface area contributed by atoms with Gasteiger partial charge in [-0.2, -0.15) is 0 Å². The summed E-state index contributed by atoms with van der Waals surface area (Å²) < 4.78 is 0. The van der Waals surface area contributed by atoms with Crippen LogP contribution in [-0.2, 0) is 4.79 Å². The Morgan fingerprint density at radius 2 is 2.23 bits per heavy atom. The molecule has 0 aromatic carbocycles. The van der Waals surface area contributed by atoms with Gasteiger partial charge < -0.3 is 10.6 Å². The summed E-state index contributed by atoms with van der Waals surface area (Å²) in [5, 5.41) is 0. The molecular formula is C10H20N2O. The van der Waals surface area contributed by atoms with Gasteiger partial charge in [-0.05, 0) is 18.8 Å². The molecule has 0 saturated carbocycles. The number of hydrogen-bond donors (Lipinski definition) is 1. The third-order valence-electron chi connectivity index (χ3n) is 2.57. The molecule has 0 aliphatic carbocycles. The lowest BCUT2D eigenvalue weighted by atomic mass is 10.0. The van der Waals surface area contributed by atoms with E-state index in [1.54, 1.807) is 0 Å². The highest BCUT2D eigenvalue weighted by molar-refractivity contribution is 5.78. The van der Waals surface area contributed by atoms with Gasteiger partial charge in [0.1, 0.15) is 0 Å². The second kappa shape index (κ2) is 4.61. The molecule has 0 bridgehead atoms. The van der Waals surface area contributed by atoms with Crippen LogP contribution in [0.3, 0.4) is 0 Å². The van der Waals surface area contributed by atoms with E-state index in [0.29, 0.717) is 18.9 Å². The number of likely N-dealkylation sites (tertiary alicyclic amines) is 1. The number of nitrogens with two attached hydrogens (primary N) is 1. The predicted molar refractivity (Wildman–Crippen MR) is 53.2 cm³/mol. The fraction of sp³-hybridized carbons (Fsp3) is 0.900. The zero-order chi connectivity index (χ0) is 9.84. The second-order valence-corrected chi connectivity index (χ2v) is 4.21. The van der Waals surface area contributed by atoms with Crippen LogP contribution in [0.25, 0.3) is 0 Å². The first-order valence-corrected chi connectivity index (χ1v) is 5.14. The molecule has 0 spiro atoms. The molecule has 0 radical (unpaired) electrons. The number of carbonyl (C=O) groups excluding carboxylic acids is 1. The highest BCUT2D eigenvalue weighted by Gasteiger charge is 2.27. The van der Waals surface area contributed by atoms with E-state index in [1.807, 2.05) is 4.90 Å². The minimum absolute atomic E-state index is 0.273. The fourth-order valence-electron chi connectivity index (χ4n) is 1.95. The molecule has 1 heterocycles. The average molecular weight is 184 g/mol. The smallest absolute Gasteiger partial charge is 0.222 e. The summed E-state index contributed by atoms with van der Waals surface area (Å²) in [4.78, 5) is 13.4. The van der Waals surface area contributed by atoms with E-state index in [0.717, 1.165) is 19.4 Å². The van der Waals surface area contributed by atoms with Crippen LogP contribution in [0, 0.1) is 5.92 Å². The van der Waals surface area contributed by atoms with E-state index in [4.69, 9.17) is 5.73 Å². The zero-order valence-electron chi connectivity index (χ0n) is 8.62.